The lowest BCUT2D eigenvalue weighted by molar-refractivity contribution is -0.0498. The van der Waals surface area contributed by atoms with Gasteiger partial charge in [-0.3, -0.25) is 4.79 Å². The van der Waals surface area contributed by atoms with Gasteiger partial charge in [-0.2, -0.15) is 8.78 Å². The van der Waals surface area contributed by atoms with Crippen LogP contribution in [-0.4, -0.2) is 18.8 Å². The van der Waals surface area contributed by atoms with E-state index in [1.54, 1.807) is 0 Å². The van der Waals surface area contributed by atoms with Crippen LogP contribution in [-0.2, 0) is 0 Å². The number of ketones is 1. The van der Waals surface area contributed by atoms with Gasteiger partial charge in [0.15, 0.2) is 0 Å². The summed E-state index contributed by atoms with van der Waals surface area (Å²) >= 11 is 0. The van der Waals surface area contributed by atoms with Crippen LogP contribution in [0.1, 0.15) is 10.4 Å². The highest BCUT2D eigenvalue weighted by molar-refractivity contribution is 5.98. The zero-order chi connectivity index (χ0) is 11.4. The van der Waals surface area contributed by atoms with Crippen LogP contribution in [0.5, 0.6) is 5.75 Å². The largest absolute Gasteiger partial charge is 0.435 e. The van der Waals surface area contributed by atoms with E-state index in [-0.39, 0.29) is 11.3 Å². The molecule has 1 aromatic rings. The highest BCUT2D eigenvalue weighted by Crippen LogP contribution is 2.16. The van der Waals surface area contributed by atoms with E-state index in [0.29, 0.717) is 0 Å². The van der Waals surface area contributed by atoms with Crippen molar-refractivity contribution in [3.8, 4) is 5.75 Å². The predicted octanol–water partition coefficient (Wildman–Crippen LogP) is 2.74. The Morgan fingerprint density at radius 2 is 1.60 bits per heavy atom. The summed E-state index contributed by atoms with van der Waals surface area (Å²) in [6.07, 6.45) is -3.10. The highest BCUT2D eigenvalue weighted by atomic mass is 19.3. The van der Waals surface area contributed by atoms with Crippen LogP contribution in [0.15, 0.2) is 24.3 Å². The summed E-state index contributed by atoms with van der Waals surface area (Å²) in [4.78, 5) is 10.7. The van der Waals surface area contributed by atoms with Crippen molar-refractivity contribution in [2.45, 2.75) is 13.0 Å². The molecule has 0 saturated heterocycles. The molecule has 15 heavy (non-hydrogen) atoms. The summed E-state index contributed by atoms with van der Waals surface area (Å²) in [5.41, 5.74) is -0.244. The molecule has 0 atom stereocenters. The summed E-state index contributed by atoms with van der Waals surface area (Å²) in [6, 6.07) is 4.07. The molecule has 1 rings (SSSR count). The predicted molar refractivity (Wildman–Crippen MR) is 43.4 cm³/mol. The molecule has 0 aliphatic carbocycles. The second kappa shape index (κ2) is 4.77. The number of carbonyl (C=O) groups is 1. The van der Waals surface area contributed by atoms with E-state index < -0.39 is 18.8 Å². The third-order valence-electron chi connectivity index (χ3n) is 1.56. The number of halogens is 4. The molecule has 2 nitrogen and oxygen atoms in total. The molecular formula is C9H6F4O2. The Labute approximate surface area is 82.5 Å². The first kappa shape index (κ1) is 11.5. The topological polar surface area (TPSA) is 26.3 Å². The number of alkyl halides is 4. The number of rotatable bonds is 4. The van der Waals surface area contributed by atoms with Gasteiger partial charge in [0.2, 0.25) is 5.78 Å². The van der Waals surface area contributed by atoms with E-state index in [0.717, 1.165) is 24.3 Å². The molecule has 0 N–H and O–H groups in total. The van der Waals surface area contributed by atoms with E-state index in [9.17, 15) is 22.4 Å². The van der Waals surface area contributed by atoms with Crippen LogP contribution in [0.25, 0.3) is 0 Å². The molecule has 0 radical (unpaired) electrons. The molecule has 1 aromatic carbocycles. The van der Waals surface area contributed by atoms with Gasteiger partial charge in [0.25, 0.3) is 0 Å². The molecule has 6 heteroatoms. The highest BCUT2D eigenvalue weighted by Gasteiger charge is 2.17. The molecule has 0 bridgehead atoms. The Balaban J connectivity index is 2.76. The van der Waals surface area contributed by atoms with Crippen molar-refractivity contribution in [1.82, 2.24) is 0 Å². The van der Waals surface area contributed by atoms with Gasteiger partial charge in [0, 0.05) is 5.56 Å². The van der Waals surface area contributed by atoms with E-state index in [4.69, 9.17) is 0 Å². The third kappa shape index (κ3) is 3.23. The number of hydrogen-bond donors (Lipinski definition) is 0. The lowest BCUT2D eigenvalue weighted by Gasteiger charge is -2.04. The van der Waals surface area contributed by atoms with E-state index >= 15 is 0 Å². The summed E-state index contributed by atoms with van der Waals surface area (Å²) < 4.78 is 51.2. The summed E-state index contributed by atoms with van der Waals surface area (Å²) in [5, 5.41) is 0. The number of benzene rings is 1. The SMILES string of the molecule is O=C(c1ccc(OC(F)F)cc1)C(F)F. The number of carbonyl (C=O) groups excluding carboxylic acids is 1. The maximum Gasteiger partial charge on any atom is 0.387 e. The minimum Gasteiger partial charge on any atom is -0.435 e. The third-order valence-corrected chi connectivity index (χ3v) is 1.56. The first-order valence-corrected chi connectivity index (χ1v) is 3.88. The zero-order valence-corrected chi connectivity index (χ0v) is 7.29. The fourth-order valence-electron chi connectivity index (χ4n) is 0.927. The second-order valence-corrected chi connectivity index (χ2v) is 2.57. The smallest absolute Gasteiger partial charge is 0.387 e. The van der Waals surface area contributed by atoms with Gasteiger partial charge in [0.1, 0.15) is 5.75 Å². The van der Waals surface area contributed by atoms with Crippen molar-refractivity contribution in [3.05, 3.63) is 29.8 Å². The van der Waals surface area contributed by atoms with Gasteiger partial charge in [-0.25, -0.2) is 8.78 Å². The fraction of sp³-hybridized carbons (Fsp3) is 0.222. The lowest BCUT2D eigenvalue weighted by atomic mass is 10.1. The quantitative estimate of drug-likeness (QED) is 0.578. The summed E-state index contributed by atoms with van der Waals surface area (Å²) in [5.74, 6) is -1.53. The molecule has 0 fully saturated rings. The minimum absolute atomic E-state index is 0.184. The normalized spacial score (nSPS) is 10.8. The van der Waals surface area contributed by atoms with Gasteiger partial charge >= 0.3 is 13.0 Å². The molecule has 0 saturated carbocycles. The number of hydrogen-bond acceptors (Lipinski definition) is 2. The minimum atomic E-state index is -3.10. The van der Waals surface area contributed by atoms with Gasteiger partial charge < -0.3 is 4.74 Å². The van der Waals surface area contributed by atoms with Crippen LogP contribution in [0.3, 0.4) is 0 Å². The van der Waals surface area contributed by atoms with Crippen molar-refractivity contribution < 1.29 is 27.1 Å². The molecule has 0 aliphatic heterocycles. The molecule has 0 amide bonds. The molecular weight excluding hydrogens is 216 g/mol. The number of Topliss-reactive ketones (excluding diaryl/α,β-unsaturated/α-hetero) is 1. The Kier molecular flexibility index (Phi) is 3.65. The first-order valence-electron chi connectivity index (χ1n) is 3.88. The van der Waals surface area contributed by atoms with E-state index in [1.165, 1.54) is 0 Å². The van der Waals surface area contributed by atoms with Crippen LogP contribution in [0.4, 0.5) is 17.6 Å². The van der Waals surface area contributed by atoms with Crippen LogP contribution in [0.2, 0.25) is 0 Å². The Morgan fingerprint density at radius 3 is 2.00 bits per heavy atom. The molecule has 0 aliphatic rings. The maximum absolute atomic E-state index is 11.9. The van der Waals surface area contributed by atoms with Crippen molar-refractivity contribution >= 4 is 5.78 Å². The molecule has 0 aromatic heterocycles. The standard InChI is InChI=1S/C9H6F4O2/c10-8(11)7(14)5-1-3-6(4-2-5)15-9(12)13/h1-4,8-9H. The average molecular weight is 222 g/mol. The van der Waals surface area contributed by atoms with Crippen LogP contribution < -0.4 is 4.74 Å². The van der Waals surface area contributed by atoms with Crippen molar-refractivity contribution in [2.24, 2.45) is 0 Å². The molecule has 0 heterocycles. The van der Waals surface area contributed by atoms with Crippen molar-refractivity contribution in [1.29, 1.82) is 0 Å². The average Bonchev–Trinajstić information content (AvgIpc) is 2.17. The van der Waals surface area contributed by atoms with Crippen molar-refractivity contribution in [3.63, 3.8) is 0 Å². The first-order chi connectivity index (χ1) is 7.00. The van der Waals surface area contributed by atoms with Gasteiger partial charge in [-0.15, -0.1) is 0 Å². The molecule has 0 spiro atoms. The fourth-order valence-corrected chi connectivity index (χ4v) is 0.927. The Hall–Kier alpha value is -1.59. The van der Waals surface area contributed by atoms with Crippen LogP contribution >= 0.6 is 0 Å². The monoisotopic (exact) mass is 222 g/mol. The van der Waals surface area contributed by atoms with Gasteiger partial charge in [-0.05, 0) is 24.3 Å². The molecule has 0 unspecified atom stereocenters. The Bertz CT molecular complexity index is 334. The maximum atomic E-state index is 11.9. The van der Waals surface area contributed by atoms with Gasteiger partial charge in [0.05, 0.1) is 0 Å². The van der Waals surface area contributed by atoms with Crippen LogP contribution in [0, 0.1) is 0 Å². The Morgan fingerprint density at radius 1 is 1.07 bits per heavy atom. The van der Waals surface area contributed by atoms with E-state index in [2.05, 4.69) is 4.74 Å². The molecule has 82 valence electrons. The summed E-state index contributed by atoms with van der Waals surface area (Å²) in [6.45, 7) is -2.98. The zero-order valence-electron chi connectivity index (χ0n) is 7.29. The summed E-state index contributed by atoms with van der Waals surface area (Å²) in [7, 11) is 0. The van der Waals surface area contributed by atoms with E-state index in [1.807, 2.05) is 0 Å². The van der Waals surface area contributed by atoms with Gasteiger partial charge in [-0.1, -0.05) is 0 Å². The second-order valence-electron chi connectivity index (χ2n) is 2.57. The number of ether oxygens (including phenoxy) is 1. The van der Waals surface area contributed by atoms with Crippen molar-refractivity contribution in [2.75, 3.05) is 0 Å². The lowest BCUT2D eigenvalue weighted by Crippen LogP contribution is -2.10.